The van der Waals surface area contributed by atoms with Crippen LogP contribution in [0.25, 0.3) is 5.69 Å². The lowest BCUT2D eigenvalue weighted by molar-refractivity contribution is -0.117. The molecule has 1 amide bonds. The summed E-state index contributed by atoms with van der Waals surface area (Å²) in [4.78, 5) is 12.2. The van der Waals surface area contributed by atoms with Gasteiger partial charge in [-0.05, 0) is 35.5 Å². The summed E-state index contributed by atoms with van der Waals surface area (Å²) < 4.78 is 12.3. The minimum absolute atomic E-state index is 0.0400. The number of benzene rings is 1. The number of ether oxygens (including phenoxy) is 2. The SMILES string of the molecule is COc1ccc(NC(=O)CC2COCCN2)cc1-n1nnnc1C. The van der Waals surface area contributed by atoms with Gasteiger partial charge >= 0.3 is 0 Å². The first-order chi connectivity index (χ1) is 11.7. The van der Waals surface area contributed by atoms with Crippen molar-refractivity contribution in [1.82, 2.24) is 25.5 Å². The van der Waals surface area contributed by atoms with Crippen molar-refractivity contribution >= 4 is 11.6 Å². The molecule has 0 bridgehead atoms. The van der Waals surface area contributed by atoms with Gasteiger partial charge in [0.1, 0.15) is 11.4 Å². The number of carbonyl (C=O) groups is 1. The Labute approximate surface area is 139 Å². The van der Waals surface area contributed by atoms with E-state index in [0.717, 1.165) is 6.54 Å². The molecule has 128 valence electrons. The molecule has 1 aromatic heterocycles. The predicted octanol–water partition coefficient (Wildman–Crippen LogP) is 0.296. The summed E-state index contributed by atoms with van der Waals surface area (Å²) in [6.07, 6.45) is 0.352. The number of hydrogen-bond acceptors (Lipinski definition) is 7. The summed E-state index contributed by atoms with van der Waals surface area (Å²) in [5.74, 6) is 1.16. The molecule has 1 atom stereocenters. The molecule has 3 rings (SSSR count). The molecule has 1 saturated heterocycles. The third kappa shape index (κ3) is 3.69. The fourth-order valence-corrected chi connectivity index (χ4v) is 2.57. The highest BCUT2D eigenvalue weighted by Gasteiger charge is 2.18. The van der Waals surface area contributed by atoms with Crippen LogP contribution in [-0.2, 0) is 9.53 Å². The van der Waals surface area contributed by atoms with Crippen molar-refractivity contribution in [3.63, 3.8) is 0 Å². The zero-order valence-corrected chi connectivity index (χ0v) is 13.7. The van der Waals surface area contributed by atoms with Gasteiger partial charge in [-0.1, -0.05) is 0 Å². The molecule has 1 unspecified atom stereocenters. The van der Waals surface area contributed by atoms with Gasteiger partial charge in [0, 0.05) is 24.7 Å². The van der Waals surface area contributed by atoms with Crippen LogP contribution in [0.15, 0.2) is 18.2 Å². The Bertz CT molecular complexity index is 711. The lowest BCUT2D eigenvalue weighted by Gasteiger charge is -2.23. The number of aryl methyl sites for hydroxylation is 1. The Hall–Kier alpha value is -2.52. The summed E-state index contributed by atoms with van der Waals surface area (Å²) in [6, 6.07) is 5.38. The molecule has 9 nitrogen and oxygen atoms in total. The summed E-state index contributed by atoms with van der Waals surface area (Å²) in [5.41, 5.74) is 1.32. The average molecular weight is 332 g/mol. The second kappa shape index (κ2) is 7.37. The molecule has 2 heterocycles. The molecule has 24 heavy (non-hydrogen) atoms. The lowest BCUT2D eigenvalue weighted by Crippen LogP contribution is -2.43. The highest BCUT2D eigenvalue weighted by atomic mass is 16.5. The molecule has 2 aromatic rings. The fraction of sp³-hybridized carbons (Fsp3) is 0.467. The van der Waals surface area contributed by atoms with E-state index in [9.17, 15) is 4.79 Å². The molecule has 9 heteroatoms. The van der Waals surface area contributed by atoms with Gasteiger partial charge in [0.15, 0.2) is 5.82 Å². The number of hydrogen-bond donors (Lipinski definition) is 2. The maximum Gasteiger partial charge on any atom is 0.226 e. The summed E-state index contributed by atoms with van der Waals surface area (Å²) in [7, 11) is 1.57. The van der Waals surface area contributed by atoms with Crippen molar-refractivity contribution in [2.45, 2.75) is 19.4 Å². The van der Waals surface area contributed by atoms with Crippen LogP contribution in [0.1, 0.15) is 12.2 Å². The second-order valence-corrected chi connectivity index (χ2v) is 5.50. The maximum absolute atomic E-state index is 12.2. The average Bonchev–Trinajstić information content (AvgIpc) is 3.01. The van der Waals surface area contributed by atoms with Gasteiger partial charge in [0.2, 0.25) is 5.91 Å². The first-order valence-electron chi connectivity index (χ1n) is 7.71. The highest BCUT2D eigenvalue weighted by molar-refractivity contribution is 5.91. The Morgan fingerprint density at radius 3 is 3.08 bits per heavy atom. The normalized spacial score (nSPS) is 17.5. The topological polar surface area (TPSA) is 103 Å². The fourth-order valence-electron chi connectivity index (χ4n) is 2.57. The Balaban J connectivity index is 1.74. The Morgan fingerprint density at radius 2 is 2.42 bits per heavy atom. The van der Waals surface area contributed by atoms with E-state index in [0.29, 0.717) is 42.6 Å². The third-order valence-corrected chi connectivity index (χ3v) is 3.75. The Morgan fingerprint density at radius 1 is 1.54 bits per heavy atom. The van der Waals surface area contributed by atoms with E-state index in [-0.39, 0.29) is 11.9 Å². The van der Waals surface area contributed by atoms with Crippen LogP contribution >= 0.6 is 0 Å². The third-order valence-electron chi connectivity index (χ3n) is 3.75. The van der Waals surface area contributed by atoms with Gasteiger partial charge in [0.05, 0.1) is 20.3 Å². The molecular formula is C15H20N6O3. The van der Waals surface area contributed by atoms with Crippen LogP contribution in [-0.4, -0.2) is 59.0 Å². The number of nitrogens with one attached hydrogen (secondary N) is 2. The van der Waals surface area contributed by atoms with Crippen molar-refractivity contribution < 1.29 is 14.3 Å². The van der Waals surface area contributed by atoms with Gasteiger partial charge in [-0.3, -0.25) is 4.79 Å². The first kappa shape index (κ1) is 16.3. The van der Waals surface area contributed by atoms with E-state index in [1.54, 1.807) is 36.9 Å². The molecule has 0 saturated carbocycles. The molecule has 1 aromatic carbocycles. The Kier molecular flexibility index (Phi) is 5.02. The molecule has 1 fully saturated rings. The summed E-state index contributed by atoms with van der Waals surface area (Å²) in [6.45, 7) is 3.79. The summed E-state index contributed by atoms with van der Waals surface area (Å²) >= 11 is 0. The molecule has 0 spiro atoms. The van der Waals surface area contributed by atoms with Crippen LogP contribution in [0.5, 0.6) is 5.75 Å². The van der Waals surface area contributed by atoms with Crippen LogP contribution in [0, 0.1) is 6.92 Å². The van der Waals surface area contributed by atoms with Crippen LogP contribution < -0.4 is 15.4 Å². The molecule has 0 aliphatic carbocycles. The number of methoxy groups -OCH3 is 1. The number of morpholine rings is 1. The van der Waals surface area contributed by atoms with Gasteiger partial charge in [0.25, 0.3) is 0 Å². The minimum Gasteiger partial charge on any atom is -0.494 e. The number of carbonyl (C=O) groups excluding carboxylic acids is 1. The predicted molar refractivity (Wildman–Crippen MR) is 86.3 cm³/mol. The van der Waals surface area contributed by atoms with Crippen molar-refractivity contribution in [2.75, 3.05) is 32.2 Å². The lowest BCUT2D eigenvalue weighted by atomic mass is 10.2. The maximum atomic E-state index is 12.2. The van der Waals surface area contributed by atoms with Gasteiger partial charge < -0.3 is 20.1 Å². The van der Waals surface area contributed by atoms with Crippen molar-refractivity contribution in [2.24, 2.45) is 0 Å². The molecule has 1 aliphatic heterocycles. The highest BCUT2D eigenvalue weighted by Crippen LogP contribution is 2.26. The van der Waals surface area contributed by atoms with Crippen LogP contribution in [0.2, 0.25) is 0 Å². The molecular weight excluding hydrogens is 312 g/mol. The van der Waals surface area contributed by atoms with E-state index in [4.69, 9.17) is 9.47 Å². The van der Waals surface area contributed by atoms with E-state index in [2.05, 4.69) is 26.2 Å². The zero-order valence-electron chi connectivity index (χ0n) is 13.7. The largest absolute Gasteiger partial charge is 0.494 e. The van der Waals surface area contributed by atoms with Gasteiger partial charge in [-0.15, -0.1) is 5.10 Å². The number of aromatic nitrogens is 4. The standard InChI is InChI=1S/C15H20N6O3/c1-10-18-19-20-21(10)13-7-11(3-4-14(13)23-2)17-15(22)8-12-9-24-6-5-16-12/h3-4,7,12,16H,5-6,8-9H2,1-2H3,(H,17,22). The number of rotatable bonds is 5. The van der Waals surface area contributed by atoms with E-state index in [1.807, 2.05) is 0 Å². The van der Waals surface area contributed by atoms with Crippen molar-refractivity contribution in [3.8, 4) is 11.4 Å². The first-order valence-corrected chi connectivity index (χ1v) is 7.71. The van der Waals surface area contributed by atoms with E-state index < -0.39 is 0 Å². The number of tetrazole rings is 1. The monoisotopic (exact) mass is 332 g/mol. The molecule has 2 N–H and O–H groups in total. The van der Waals surface area contributed by atoms with Crippen molar-refractivity contribution in [3.05, 3.63) is 24.0 Å². The number of anilines is 1. The van der Waals surface area contributed by atoms with Gasteiger partial charge in [-0.25, -0.2) is 0 Å². The van der Waals surface area contributed by atoms with E-state index >= 15 is 0 Å². The van der Waals surface area contributed by atoms with Crippen LogP contribution in [0.3, 0.4) is 0 Å². The smallest absolute Gasteiger partial charge is 0.226 e. The number of nitrogens with zero attached hydrogens (tertiary/aromatic N) is 4. The minimum atomic E-state index is -0.0810. The van der Waals surface area contributed by atoms with Crippen LogP contribution in [0.4, 0.5) is 5.69 Å². The van der Waals surface area contributed by atoms with Crippen molar-refractivity contribution in [1.29, 1.82) is 0 Å². The van der Waals surface area contributed by atoms with Gasteiger partial charge in [-0.2, -0.15) is 4.68 Å². The zero-order chi connectivity index (χ0) is 16.9. The summed E-state index contributed by atoms with van der Waals surface area (Å²) in [5, 5.41) is 17.6. The quantitative estimate of drug-likeness (QED) is 0.811. The number of amides is 1. The molecule has 0 radical (unpaired) electrons. The second-order valence-electron chi connectivity index (χ2n) is 5.50. The molecule has 1 aliphatic rings. The van der Waals surface area contributed by atoms with E-state index in [1.165, 1.54) is 0 Å².